The average molecular weight is 490 g/mol. The number of carbonyl (C=O) groups excluding carboxylic acids is 1. The number of nitrogens with zero attached hydrogens (tertiary/aromatic N) is 3. The number of morpholine rings is 1. The fourth-order valence-electron chi connectivity index (χ4n) is 3.51. The number of benzene rings is 2. The molecule has 1 aliphatic heterocycles. The highest BCUT2D eigenvalue weighted by atomic mass is 79.9. The number of aromatic nitrogens is 1. The van der Waals surface area contributed by atoms with E-state index < -0.39 is 0 Å². The SMILES string of the molecule is COc1ccc(C)c2sc(N(CCN3CCOCC3)C(=O)c3cccc(Br)c3)nc12. The molecule has 0 atom stereocenters. The molecule has 0 bridgehead atoms. The highest BCUT2D eigenvalue weighted by Crippen LogP contribution is 2.36. The largest absolute Gasteiger partial charge is 0.494 e. The Labute approximate surface area is 188 Å². The summed E-state index contributed by atoms with van der Waals surface area (Å²) < 4.78 is 12.9. The number of hydrogen-bond donors (Lipinski definition) is 0. The van der Waals surface area contributed by atoms with Crippen molar-refractivity contribution in [1.82, 2.24) is 9.88 Å². The van der Waals surface area contributed by atoms with Gasteiger partial charge >= 0.3 is 0 Å². The van der Waals surface area contributed by atoms with Gasteiger partial charge in [0.2, 0.25) is 0 Å². The predicted molar refractivity (Wildman–Crippen MR) is 124 cm³/mol. The van der Waals surface area contributed by atoms with Crippen LogP contribution in [-0.4, -0.2) is 62.3 Å². The first-order valence-electron chi connectivity index (χ1n) is 9.88. The second-order valence-electron chi connectivity index (χ2n) is 7.18. The van der Waals surface area contributed by atoms with Crippen LogP contribution in [0, 0.1) is 6.92 Å². The fourth-order valence-corrected chi connectivity index (χ4v) is 4.98. The molecule has 8 heteroatoms. The van der Waals surface area contributed by atoms with Crippen molar-refractivity contribution in [1.29, 1.82) is 0 Å². The molecule has 6 nitrogen and oxygen atoms in total. The van der Waals surface area contributed by atoms with E-state index in [-0.39, 0.29) is 5.91 Å². The highest BCUT2D eigenvalue weighted by Gasteiger charge is 2.24. The molecule has 1 aromatic heterocycles. The number of fused-ring (bicyclic) bond motifs is 1. The van der Waals surface area contributed by atoms with Gasteiger partial charge in [-0.3, -0.25) is 14.6 Å². The summed E-state index contributed by atoms with van der Waals surface area (Å²) >= 11 is 5.01. The minimum Gasteiger partial charge on any atom is -0.494 e. The molecular weight excluding hydrogens is 466 g/mol. The Morgan fingerprint density at radius 1 is 1.30 bits per heavy atom. The van der Waals surface area contributed by atoms with Gasteiger partial charge in [-0.25, -0.2) is 4.98 Å². The summed E-state index contributed by atoms with van der Waals surface area (Å²) in [4.78, 5) is 22.4. The molecule has 1 fully saturated rings. The van der Waals surface area contributed by atoms with E-state index in [4.69, 9.17) is 14.5 Å². The van der Waals surface area contributed by atoms with Gasteiger partial charge in [-0.2, -0.15) is 0 Å². The van der Waals surface area contributed by atoms with Crippen molar-refractivity contribution in [3.63, 3.8) is 0 Å². The second-order valence-corrected chi connectivity index (χ2v) is 9.07. The zero-order valence-corrected chi connectivity index (χ0v) is 19.5. The van der Waals surface area contributed by atoms with E-state index >= 15 is 0 Å². The zero-order chi connectivity index (χ0) is 21.1. The molecule has 158 valence electrons. The minimum absolute atomic E-state index is 0.0553. The van der Waals surface area contributed by atoms with Gasteiger partial charge in [-0.1, -0.05) is 39.4 Å². The summed E-state index contributed by atoms with van der Waals surface area (Å²) in [6, 6.07) is 11.4. The van der Waals surface area contributed by atoms with Crippen LogP contribution < -0.4 is 9.64 Å². The van der Waals surface area contributed by atoms with E-state index in [1.807, 2.05) is 36.4 Å². The van der Waals surface area contributed by atoms with Crippen molar-refractivity contribution in [3.8, 4) is 5.75 Å². The molecule has 3 aromatic rings. The van der Waals surface area contributed by atoms with Crippen molar-refractivity contribution in [2.24, 2.45) is 0 Å². The zero-order valence-electron chi connectivity index (χ0n) is 17.1. The van der Waals surface area contributed by atoms with Crippen molar-refractivity contribution < 1.29 is 14.3 Å². The predicted octanol–water partition coefficient (Wildman–Crippen LogP) is 4.35. The molecule has 0 saturated carbocycles. The maximum atomic E-state index is 13.5. The standard InChI is InChI=1S/C22H24BrN3O3S/c1-15-6-7-18(28-2)19-20(15)30-22(24-19)26(9-8-25-10-12-29-13-11-25)21(27)16-4-3-5-17(23)14-16/h3-7,14H,8-13H2,1-2H3. The molecule has 0 aliphatic carbocycles. The molecule has 0 unspecified atom stereocenters. The van der Waals surface area contributed by atoms with Gasteiger partial charge in [0.25, 0.3) is 5.91 Å². The van der Waals surface area contributed by atoms with E-state index in [0.29, 0.717) is 17.2 Å². The van der Waals surface area contributed by atoms with Gasteiger partial charge in [0.15, 0.2) is 5.13 Å². The molecule has 0 spiro atoms. The first-order chi connectivity index (χ1) is 14.6. The van der Waals surface area contributed by atoms with Crippen LogP contribution in [0.1, 0.15) is 15.9 Å². The molecule has 0 N–H and O–H groups in total. The summed E-state index contributed by atoms with van der Waals surface area (Å²) in [6.45, 7) is 6.62. The molecule has 1 aliphatic rings. The number of aryl methyl sites for hydroxylation is 1. The minimum atomic E-state index is -0.0553. The van der Waals surface area contributed by atoms with Crippen LogP contribution in [0.4, 0.5) is 5.13 Å². The number of hydrogen-bond acceptors (Lipinski definition) is 6. The Kier molecular flexibility index (Phi) is 6.67. The normalized spacial score (nSPS) is 14.8. The Morgan fingerprint density at radius 2 is 2.10 bits per heavy atom. The van der Waals surface area contributed by atoms with Crippen molar-refractivity contribution >= 4 is 48.5 Å². The molecule has 0 radical (unpaired) electrons. The lowest BCUT2D eigenvalue weighted by Gasteiger charge is -2.29. The lowest BCUT2D eigenvalue weighted by atomic mass is 10.2. The molecule has 1 amide bonds. The highest BCUT2D eigenvalue weighted by molar-refractivity contribution is 9.10. The second kappa shape index (κ2) is 9.43. The van der Waals surface area contributed by atoms with Gasteiger partial charge < -0.3 is 9.47 Å². The Bertz CT molecular complexity index is 1050. The number of halogens is 1. The fraction of sp³-hybridized carbons (Fsp3) is 0.364. The Morgan fingerprint density at radius 3 is 2.83 bits per heavy atom. The van der Waals surface area contributed by atoms with Crippen molar-refractivity contribution in [3.05, 3.63) is 52.0 Å². The number of rotatable bonds is 6. The van der Waals surface area contributed by atoms with Crippen LogP contribution in [0.25, 0.3) is 10.2 Å². The number of ether oxygens (including phenoxy) is 2. The number of thiazole rings is 1. The lowest BCUT2D eigenvalue weighted by molar-refractivity contribution is 0.0391. The van der Waals surface area contributed by atoms with Crippen LogP contribution in [-0.2, 0) is 4.74 Å². The number of anilines is 1. The van der Waals surface area contributed by atoms with E-state index in [1.54, 1.807) is 12.0 Å². The van der Waals surface area contributed by atoms with Crippen LogP contribution in [0.2, 0.25) is 0 Å². The van der Waals surface area contributed by atoms with Gasteiger partial charge in [-0.15, -0.1) is 0 Å². The third-order valence-corrected chi connectivity index (χ3v) is 6.91. The summed E-state index contributed by atoms with van der Waals surface area (Å²) in [7, 11) is 1.64. The average Bonchev–Trinajstić information content (AvgIpc) is 3.21. The van der Waals surface area contributed by atoms with Crippen LogP contribution in [0.5, 0.6) is 5.75 Å². The maximum absolute atomic E-state index is 13.5. The van der Waals surface area contributed by atoms with Crippen LogP contribution in [0.15, 0.2) is 40.9 Å². The van der Waals surface area contributed by atoms with Crippen molar-refractivity contribution in [2.45, 2.75) is 6.92 Å². The molecule has 2 aromatic carbocycles. The van der Waals surface area contributed by atoms with Gasteiger partial charge in [0.1, 0.15) is 11.3 Å². The van der Waals surface area contributed by atoms with E-state index in [9.17, 15) is 4.79 Å². The molecule has 1 saturated heterocycles. The number of amides is 1. The molecule has 2 heterocycles. The van der Waals surface area contributed by atoms with Crippen molar-refractivity contribution in [2.75, 3.05) is 51.4 Å². The van der Waals surface area contributed by atoms with E-state index in [2.05, 4.69) is 27.8 Å². The summed E-state index contributed by atoms with van der Waals surface area (Å²) in [6.07, 6.45) is 0. The summed E-state index contributed by atoms with van der Waals surface area (Å²) in [5.74, 6) is 0.668. The quantitative estimate of drug-likeness (QED) is 0.514. The van der Waals surface area contributed by atoms with E-state index in [0.717, 1.165) is 58.9 Å². The first-order valence-corrected chi connectivity index (χ1v) is 11.5. The molecular formula is C22H24BrN3O3S. The Hall–Kier alpha value is -2.00. The summed E-state index contributed by atoms with van der Waals surface area (Å²) in [5, 5.41) is 0.691. The van der Waals surface area contributed by atoms with Gasteiger partial charge in [0, 0.05) is 36.2 Å². The van der Waals surface area contributed by atoms with Gasteiger partial charge in [-0.05, 0) is 36.8 Å². The first kappa shape index (κ1) is 21.2. The number of methoxy groups -OCH3 is 1. The smallest absolute Gasteiger partial charge is 0.260 e. The maximum Gasteiger partial charge on any atom is 0.260 e. The third kappa shape index (κ3) is 4.51. The molecule has 30 heavy (non-hydrogen) atoms. The Balaban J connectivity index is 1.69. The molecule has 4 rings (SSSR count). The number of carbonyl (C=O) groups is 1. The van der Waals surface area contributed by atoms with E-state index in [1.165, 1.54) is 11.3 Å². The van der Waals surface area contributed by atoms with Crippen LogP contribution >= 0.6 is 27.3 Å². The topological polar surface area (TPSA) is 54.9 Å². The summed E-state index contributed by atoms with van der Waals surface area (Å²) in [5.41, 5.74) is 2.56. The van der Waals surface area contributed by atoms with Gasteiger partial charge in [0.05, 0.1) is 25.0 Å². The van der Waals surface area contributed by atoms with Crippen LogP contribution in [0.3, 0.4) is 0 Å². The lowest BCUT2D eigenvalue weighted by Crippen LogP contribution is -2.43. The monoisotopic (exact) mass is 489 g/mol. The third-order valence-electron chi connectivity index (χ3n) is 5.20.